The zero-order chi connectivity index (χ0) is 11.8. The summed E-state index contributed by atoms with van der Waals surface area (Å²) in [5, 5.41) is 4.76. The van der Waals surface area contributed by atoms with Gasteiger partial charge in [-0.1, -0.05) is 11.6 Å². The van der Waals surface area contributed by atoms with Crippen LogP contribution >= 0.6 is 27.5 Å². The van der Waals surface area contributed by atoms with Gasteiger partial charge in [-0.3, -0.25) is 0 Å². The third-order valence-corrected chi connectivity index (χ3v) is 3.35. The first-order valence-corrected chi connectivity index (χ1v) is 6.35. The van der Waals surface area contributed by atoms with Crippen molar-refractivity contribution in [1.29, 1.82) is 0 Å². The van der Waals surface area contributed by atoms with Crippen LogP contribution in [0.5, 0.6) is 5.88 Å². The molecule has 17 heavy (non-hydrogen) atoms. The largest absolute Gasteiger partial charge is 0.470 e. The molecule has 0 aromatic carbocycles. The van der Waals surface area contributed by atoms with Crippen molar-refractivity contribution in [2.75, 3.05) is 13.2 Å². The summed E-state index contributed by atoms with van der Waals surface area (Å²) >= 11 is 9.45. The van der Waals surface area contributed by atoms with Gasteiger partial charge in [0.1, 0.15) is 15.7 Å². The maximum absolute atomic E-state index is 6.09. The molecule has 7 heteroatoms. The van der Waals surface area contributed by atoms with E-state index in [-0.39, 0.29) is 6.10 Å². The number of aromatic nitrogens is 3. The maximum atomic E-state index is 6.09. The molecule has 90 valence electrons. The first-order valence-electron chi connectivity index (χ1n) is 5.18. The van der Waals surface area contributed by atoms with Crippen molar-refractivity contribution in [2.24, 2.45) is 0 Å². The fourth-order valence-electron chi connectivity index (χ4n) is 1.69. The van der Waals surface area contributed by atoms with Gasteiger partial charge >= 0.3 is 0 Å². The second-order valence-corrected chi connectivity index (χ2v) is 4.97. The molecule has 0 bridgehead atoms. The quantitative estimate of drug-likeness (QED) is 0.852. The summed E-state index contributed by atoms with van der Waals surface area (Å²) in [6, 6.07) is 1.73. The summed E-state index contributed by atoms with van der Waals surface area (Å²) in [6.07, 6.45) is 2.56. The molecule has 1 saturated heterocycles. The second kappa shape index (κ2) is 4.44. The van der Waals surface area contributed by atoms with Gasteiger partial charge in [-0.25, -0.2) is 9.50 Å². The van der Waals surface area contributed by atoms with E-state index >= 15 is 0 Å². The van der Waals surface area contributed by atoms with Crippen LogP contribution in [0.1, 0.15) is 6.42 Å². The van der Waals surface area contributed by atoms with Crippen LogP contribution in [0, 0.1) is 0 Å². The molecule has 0 radical (unpaired) electrons. The molecular weight excluding hydrogens is 309 g/mol. The van der Waals surface area contributed by atoms with Gasteiger partial charge in [-0.15, -0.1) is 5.10 Å². The van der Waals surface area contributed by atoms with Crippen molar-refractivity contribution in [3.8, 4) is 5.88 Å². The molecule has 1 fully saturated rings. The number of ether oxygens (including phenoxy) is 2. The molecule has 3 heterocycles. The van der Waals surface area contributed by atoms with Gasteiger partial charge in [0.2, 0.25) is 0 Å². The van der Waals surface area contributed by atoms with Gasteiger partial charge < -0.3 is 9.47 Å². The highest BCUT2D eigenvalue weighted by atomic mass is 79.9. The SMILES string of the molecule is Clc1cc2ncc(Br)n2nc1OC1CCOC1. The lowest BCUT2D eigenvalue weighted by molar-refractivity contribution is 0.137. The molecule has 1 aliphatic heterocycles. The Morgan fingerprint density at radius 3 is 3.24 bits per heavy atom. The third-order valence-electron chi connectivity index (χ3n) is 2.54. The van der Waals surface area contributed by atoms with Crippen LogP contribution in [0.2, 0.25) is 5.02 Å². The number of rotatable bonds is 2. The number of nitrogens with zero attached hydrogens (tertiary/aromatic N) is 3. The van der Waals surface area contributed by atoms with Gasteiger partial charge in [0.25, 0.3) is 5.88 Å². The smallest absolute Gasteiger partial charge is 0.251 e. The summed E-state index contributed by atoms with van der Waals surface area (Å²) in [5.41, 5.74) is 0.678. The topological polar surface area (TPSA) is 48.7 Å². The highest BCUT2D eigenvalue weighted by molar-refractivity contribution is 9.10. The lowest BCUT2D eigenvalue weighted by atomic mass is 10.3. The van der Waals surface area contributed by atoms with Crippen LogP contribution in [0.4, 0.5) is 0 Å². The van der Waals surface area contributed by atoms with Crippen LogP contribution in [0.3, 0.4) is 0 Å². The van der Waals surface area contributed by atoms with E-state index in [2.05, 4.69) is 26.0 Å². The summed E-state index contributed by atoms with van der Waals surface area (Å²) in [4.78, 5) is 4.14. The Morgan fingerprint density at radius 2 is 2.47 bits per heavy atom. The van der Waals surface area contributed by atoms with Gasteiger partial charge in [0.15, 0.2) is 5.65 Å². The minimum Gasteiger partial charge on any atom is -0.470 e. The van der Waals surface area contributed by atoms with E-state index in [1.165, 1.54) is 0 Å². The number of hydrogen-bond donors (Lipinski definition) is 0. The van der Waals surface area contributed by atoms with Crippen molar-refractivity contribution in [3.63, 3.8) is 0 Å². The Bertz CT molecular complexity index is 554. The Kier molecular flexibility index (Phi) is 2.94. The van der Waals surface area contributed by atoms with Gasteiger partial charge in [0, 0.05) is 12.5 Å². The third kappa shape index (κ3) is 2.12. The molecule has 1 aliphatic rings. The predicted octanol–water partition coefficient (Wildman–Crippen LogP) is 2.31. The van der Waals surface area contributed by atoms with Crippen molar-refractivity contribution >= 4 is 33.2 Å². The molecule has 3 rings (SSSR count). The maximum Gasteiger partial charge on any atom is 0.251 e. The lowest BCUT2D eigenvalue weighted by Gasteiger charge is -2.12. The van der Waals surface area contributed by atoms with E-state index in [9.17, 15) is 0 Å². The Labute approximate surface area is 111 Å². The molecule has 0 amide bonds. The fraction of sp³-hybridized carbons (Fsp3) is 0.400. The zero-order valence-electron chi connectivity index (χ0n) is 8.77. The minimum atomic E-state index is 0.0275. The highest BCUT2D eigenvalue weighted by Gasteiger charge is 2.20. The molecule has 0 N–H and O–H groups in total. The van der Waals surface area contributed by atoms with E-state index in [0.717, 1.165) is 17.6 Å². The number of hydrogen-bond acceptors (Lipinski definition) is 4. The second-order valence-electron chi connectivity index (χ2n) is 3.75. The van der Waals surface area contributed by atoms with Crippen LogP contribution in [-0.2, 0) is 4.74 Å². The molecular formula is C10H9BrClN3O2. The molecule has 2 aromatic rings. The zero-order valence-corrected chi connectivity index (χ0v) is 11.1. The molecule has 0 spiro atoms. The van der Waals surface area contributed by atoms with Crippen molar-refractivity contribution in [1.82, 2.24) is 14.6 Å². The first kappa shape index (κ1) is 11.3. The van der Waals surface area contributed by atoms with Crippen molar-refractivity contribution in [2.45, 2.75) is 12.5 Å². The number of imidazole rings is 1. The Morgan fingerprint density at radius 1 is 1.59 bits per heavy atom. The van der Waals surface area contributed by atoms with Crippen molar-refractivity contribution < 1.29 is 9.47 Å². The molecule has 1 unspecified atom stereocenters. The van der Waals surface area contributed by atoms with Crippen LogP contribution < -0.4 is 4.74 Å². The van der Waals surface area contributed by atoms with Gasteiger partial charge in [0.05, 0.1) is 19.4 Å². The molecule has 5 nitrogen and oxygen atoms in total. The standard InChI is InChI=1S/C10H9BrClN3O2/c11-8-4-13-9-3-7(12)10(14-15(8)9)17-6-1-2-16-5-6/h3-4,6H,1-2,5H2. The summed E-state index contributed by atoms with van der Waals surface area (Å²) in [5.74, 6) is 0.411. The average Bonchev–Trinajstić information content (AvgIpc) is 2.92. The van der Waals surface area contributed by atoms with Crippen LogP contribution in [-0.4, -0.2) is 33.9 Å². The van der Waals surface area contributed by atoms with Gasteiger partial charge in [-0.2, -0.15) is 0 Å². The molecule has 1 atom stereocenters. The van der Waals surface area contributed by atoms with Crippen LogP contribution in [0.15, 0.2) is 16.9 Å². The Balaban J connectivity index is 1.96. The lowest BCUT2D eigenvalue weighted by Crippen LogP contribution is -2.17. The summed E-state index contributed by atoms with van der Waals surface area (Å²) in [7, 11) is 0. The minimum absolute atomic E-state index is 0.0275. The average molecular weight is 319 g/mol. The van der Waals surface area contributed by atoms with E-state index in [1.54, 1.807) is 16.8 Å². The monoisotopic (exact) mass is 317 g/mol. The number of halogens is 2. The van der Waals surface area contributed by atoms with Crippen molar-refractivity contribution in [3.05, 3.63) is 21.9 Å². The van der Waals surface area contributed by atoms with E-state index in [4.69, 9.17) is 21.1 Å². The summed E-state index contributed by atoms with van der Waals surface area (Å²) in [6.45, 7) is 1.31. The van der Waals surface area contributed by atoms with E-state index in [0.29, 0.717) is 23.2 Å². The predicted molar refractivity (Wildman–Crippen MR) is 65.5 cm³/mol. The first-order chi connectivity index (χ1) is 8.24. The number of fused-ring (bicyclic) bond motifs is 1. The normalized spacial score (nSPS) is 20.0. The molecule has 0 saturated carbocycles. The fourth-order valence-corrected chi connectivity index (χ4v) is 2.24. The van der Waals surface area contributed by atoms with Gasteiger partial charge in [-0.05, 0) is 15.9 Å². The Hall–Kier alpha value is -0.850. The summed E-state index contributed by atoms with van der Waals surface area (Å²) < 4.78 is 13.3. The van der Waals surface area contributed by atoms with E-state index < -0.39 is 0 Å². The van der Waals surface area contributed by atoms with E-state index in [1.807, 2.05) is 0 Å². The molecule has 2 aromatic heterocycles. The van der Waals surface area contributed by atoms with Crippen LogP contribution in [0.25, 0.3) is 5.65 Å². The highest BCUT2D eigenvalue weighted by Crippen LogP contribution is 2.26. The molecule has 0 aliphatic carbocycles.